The molecule has 0 fully saturated rings. The maximum Gasteiger partial charge on any atom is 0.247 e. The maximum atomic E-state index is 14.1. The fourth-order valence-electron chi connectivity index (χ4n) is 6.25. The lowest BCUT2D eigenvalue weighted by Gasteiger charge is -2.41. The van der Waals surface area contributed by atoms with Crippen molar-refractivity contribution < 1.29 is 43.9 Å². The summed E-state index contributed by atoms with van der Waals surface area (Å²) >= 11 is 2.08. The number of hydrogen-bond donors (Lipinski definition) is 4. The van der Waals surface area contributed by atoms with E-state index in [9.17, 15) is 24.9 Å². The third-order valence-corrected chi connectivity index (χ3v) is 9.75. The number of aliphatic hydroxyl groups excluding tert-OH is 3. The molecule has 11 nitrogen and oxygen atoms in total. The summed E-state index contributed by atoms with van der Waals surface area (Å²) in [5.74, 6) is 1.39. The number of amides is 2. The molecule has 12 heteroatoms. The predicted molar refractivity (Wildman–Crippen MR) is 194 cm³/mol. The minimum Gasteiger partial charge on any atom is -0.493 e. The Hall–Kier alpha value is -3.07. The second-order valence-corrected chi connectivity index (χ2v) is 13.7. The van der Waals surface area contributed by atoms with E-state index >= 15 is 0 Å². The molecule has 1 heterocycles. The van der Waals surface area contributed by atoms with Crippen LogP contribution in [0.5, 0.6) is 23.0 Å². The standard InChI is InChI=1S/C37H51IN2O9/c1-3-4-5-6-7-8-9-10-11-12-34(43)40(22-25-13-14-30-31(18-25)48-24-47-30)29-20-27(37(45)39-15-16-41)21-32(35(29)44)49-36-28(38)17-26(23-42)19-33(36)46-2/h13-14,17-19,21,29,32,35,41-42,44H,3-12,15-16,20,22-24H2,1-2H3,(H,39,45)/t29-,32+,35+/m1/s1. The third kappa shape index (κ3) is 11.0. The van der Waals surface area contributed by atoms with Gasteiger partial charge in [0.2, 0.25) is 18.6 Å². The van der Waals surface area contributed by atoms with E-state index in [2.05, 4.69) is 34.8 Å². The van der Waals surface area contributed by atoms with E-state index in [-0.39, 0.29) is 45.4 Å². The van der Waals surface area contributed by atoms with Crippen LogP contribution in [0, 0.1) is 3.57 Å². The summed E-state index contributed by atoms with van der Waals surface area (Å²) in [5.41, 5.74) is 1.76. The average Bonchev–Trinajstić information content (AvgIpc) is 3.58. The monoisotopic (exact) mass is 794 g/mol. The molecular weight excluding hydrogens is 743 g/mol. The number of rotatable bonds is 20. The van der Waals surface area contributed by atoms with Gasteiger partial charge in [0.05, 0.1) is 29.9 Å². The highest BCUT2D eigenvalue weighted by Gasteiger charge is 2.41. The number of unbranched alkanes of at least 4 members (excludes halogenated alkanes) is 8. The fourth-order valence-corrected chi connectivity index (χ4v) is 7.04. The number of nitrogens with zero attached hydrogens (tertiary/aromatic N) is 1. The highest BCUT2D eigenvalue weighted by Crippen LogP contribution is 2.38. The second-order valence-electron chi connectivity index (χ2n) is 12.6. The van der Waals surface area contributed by atoms with Gasteiger partial charge in [-0.05, 0) is 70.5 Å². The Morgan fingerprint density at radius 1 is 0.980 bits per heavy atom. The Morgan fingerprint density at radius 3 is 2.39 bits per heavy atom. The highest BCUT2D eigenvalue weighted by molar-refractivity contribution is 14.1. The molecule has 49 heavy (non-hydrogen) atoms. The van der Waals surface area contributed by atoms with Crippen molar-refractivity contribution >= 4 is 34.4 Å². The summed E-state index contributed by atoms with van der Waals surface area (Å²) < 4.78 is 23.7. The van der Waals surface area contributed by atoms with Crippen LogP contribution < -0.4 is 24.3 Å². The Bertz CT molecular complexity index is 1420. The van der Waals surface area contributed by atoms with Crippen LogP contribution in [0.15, 0.2) is 42.0 Å². The van der Waals surface area contributed by atoms with E-state index in [1.807, 2.05) is 18.2 Å². The first kappa shape index (κ1) is 38.7. The molecule has 0 saturated heterocycles. The lowest BCUT2D eigenvalue weighted by molar-refractivity contribution is -0.139. The van der Waals surface area contributed by atoms with Crippen LogP contribution in [0.25, 0.3) is 0 Å². The topological polar surface area (TPSA) is 147 Å². The van der Waals surface area contributed by atoms with Gasteiger partial charge in [0.25, 0.3) is 0 Å². The normalized spacial score (nSPS) is 18.2. The molecule has 1 aliphatic carbocycles. The molecule has 2 aromatic carbocycles. The van der Waals surface area contributed by atoms with Crippen molar-refractivity contribution in [1.82, 2.24) is 10.2 Å². The number of halogens is 1. The number of aliphatic hydroxyl groups is 3. The molecule has 1 aliphatic heterocycles. The summed E-state index contributed by atoms with van der Waals surface area (Å²) in [5, 5.41) is 33.7. The molecular formula is C37H51IN2O9. The molecule has 0 saturated carbocycles. The van der Waals surface area contributed by atoms with Gasteiger partial charge in [-0.15, -0.1) is 0 Å². The van der Waals surface area contributed by atoms with Crippen molar-refractivity contribution in [3.8, 4) is 23.0 Å². The van der Waals surface area contributed by atoms with Crippen LogP contribution in [-0.2, 0) is 22.7 Å². The predicted octanol–water partition coefficient (Wildman–Crippen LogP) is 5.39. The van der Waals surface area contributed by atoms with Gasteiger partial charge in [0.1, 0.15) is 12.2 Å². The van der Waals surface area contributed by atoms with E-state index in [1.54, 1.807) is 23.1 Å². The molecule has 0 aromatic heterocycles. The number of ether oxygens (including phenoxy) is 4. The Balaban J connectivity index is 1.59. The third-order valence-electron chi connectivity index (χ3n) is 8.94. The molecule has 2 aliphatic rings. The zero-order valence-corrected chi connectivity index (χ0v) is 30.8. The van der Waals surface area contributed by atoms with Gasteiger partial charge in [-0.25, -0.2) is 0 Å². The summed E-state index contributed by atoms with van der Waals surface area (Å²) in [6.45, 7) is 2.15. The van der Waals surface area contributed by atoms with Crippen LogP contribution in [0.2, 0.25) is 0 Å². The van der Waals surface area contributed by atoms with E-state index in [4.69, 9.17) is 18.9 Å². The van der Waals surface area contributed by atoms with Crippen molar-refractivity contribution in [1.29, 1.82) is 0 Å². The quantitative estimate of drug-likeness (QED) is 0.102. The highest BCUT2D eigenvalue weighted by atomic mass is 127. The molecule has 0 spiro atoms. The summed E-state index contributed by atoms with van der Waals surface area (Å²) in [4.78, 5) is 29.1. The average molecular weight is 795 g/mol. The van der Waals surface area contributed by atoms with Crippen molar-refractivity contribution in [3.05, 3.63) is 56.7 Å². The second kappa shape index (κ2) is 19.9. The fraction of sp³-hybridized carbons (Fsp3) is 0.568. The van der Waals surface area contributed by atoms with Crippen LogP contribution in [0.1, 0.15) is 88.7 Å². The zero-order valence-electron chi connectivity index (χ0n) is 28.6. The molecule has 2 aromatic rings. The van der Waals surface area contributed by atoms with Crippen LogP contribution >= 0.6 is 22.6 Å². The van der Waals surface area contributed by atoms with E-state index in [1.165, 1.54) is 39.2 Å². The molecule has 0 radical (unpaired) electrons. The number of carbonyl (C=O) groups excluding carboxylic acids is 2. The van der Waals surface area contributed by atoms with Gasteiger partial charge in [0.15, 0.2) is 23.0 Å². The van der Waals surface area contributed by atoms with E-state index in [0.717, 1.165) is 31.2 Å². The van der Waals surface area contributed by atoms with Gasteiger partial charge in [0, 0.05) is 31.5 Å². The largest absolute Gasteiger partial charge is 0.493 e. The smallest absolute Gasteiger partial charge is 0.247 e. The number of methoxy groups -OCH3 is 1. The summed E-state index contributed by atoms with van der Waals surface area (Å²) in [6.07, 6.45) is 9.85. The van der Waals surface area contributed by atoms with Crippen LogP contribution in [-0.4, -0.2) is 77.3 Å². The van der Waals surface area contributed by atoms with E-state index < -0.39 is 24.2 Å². The van der Waals surface area contributed by atoms with E-state index in [0.29, 0.717) is 44.1 Å². The van der Waals surface area contributed by atoms with Gasteiger partial charge >= 0.3 is 0 Å². The Morgan fingerprint density at radius 2 is 1.69 bits per heavy atom. The molecule has 270 valence electrons. The first-order valence-corrected chi connectivity index (χ1v) is 18.5. The molecule has 4 N–H and O–H groups in total. The maximum absolute atomic E-state index is 14.1. The first-order valence-electron chi connectivity index (χ1n) is 17.4. The number of fused-ring (bicyclic) bond motifs is 1. The lowest BCUT2D eigenvalue weighted by atomic mass is 9.87. The minimum atomic E-state index is -1.20. The van der Waals surface area contributed by atoms with Gasteiger partial charge in [-0.2, -0.15) is 0 Å². The Kier molecular flexibility index (Phi) is 15.8. The van der Waals surface area contributed by atoms with Gasteiger partial charge < -0.3 is 44.5 Å². The zero-order chi connectivity index (χ0) is 35.2. The molecule has 0 bridgehead atoms. The van der Waals surface area contributed by atoms with Crippen molar-refractivity contribution in [2.75, 3.05) is 27.1 Å². The van der Waals surface area contributed by atoms with Crippen molar-refractivity contribution in [2.45, 2.75) is 109 Å². The Labute approximate surface area is 303 Å². The molecule has 0 unspecified atom stereocenters. The minimum absolute atomic E-state index is 0.0572. The lowest BCUT2D eigenvalue weighted by Crippen LogP contribution is -2.54. The molecule has 3 atom stereocenters. The first-order chi connectivity index (χ1) is 23.8. The number of benzene rings is 2. The van der Waals surface area contributed by atoms with Gasteiger partial charge in [-0.3, -0.25) is 9.59 Å². The van der Waals surface area contributed by atoms with Crippen molar-refractivity contribution in [2.24, 2.45) is 0 Å². The van der Waals surface area contributed by atoms with Crippen molar-refractivity contribution in [3.63, 3.8) is 0 Å². The summed E-state index contributed by atoms with van der Waals surface area (Å²) in [6, 6.07) is 8.12. The number of nitrogens with one attached hydrogen (secondary N) is 1. The van der Waals surface area contributed by atoms with Gasteiger partial charge in [-0.1, -0.05) is 64.4 Å². The molecule has 2 amide bonds. The SMILES string of the molecule is CCCCCCCCCCCC(=O)N(Cc1ccc2c(c1)OCO2)[C@@H]1CC(C(=O)NCCO)=C[C@H](Oc2c(I)cc(CO)cc2OC)[C@H]1O. The van der Waals surface area contributed by atoms with Crippen LogP contribution in [0.3, 0.4) is 0 Å². The van der Waals surface area contributed by atoms with Crippen LogP contribution in [0.4, 0.5) is 0 Å². The number of hydrogen-bond acceptors (Lipinski definition) is 9. The molecule has 4 rings (SSSR count). The number of carbonyl (C=O) groups is 2. The summed E-state index contributed by atoms with van der Waals surface area (Å²) in [7, 11) is 1.49.